The molecule has 0 unspecified atom stereocenters. The van der Waals surface area contributed by atoms with E-state index in [-0.39, 0.29) is 60.7 Å². The van der Waals surface area contributed by atoms with Gasteiger partial charge < -0.3 is 47.9 Å². The molecule has 0 radical (unpaired) electrons. The summed E-state index contributed by atoms with van der Waals surface area (Å²) in [5, 5.41) is 26.9. The van der Waals surface area contributed by atoms with Gasteiger partial charge in [-0.05, 0) is 72.8 Å². The van der Waals surface area contributed by atoms with Crippen molar-refractivity contribution >= 4 is 47.4 Å². The Hall–Kier alpha value is -8.01. The van der Waals surface area contributed by atoms with Crippen LogP contribution in [0.1, 0.15) is 68.1 Å². The van der Waals surface area contributed by atoms with Crippen LogP contribution < -0.4 is 18.9 Å². The van der Waals surface area contributed by atoms with Gasteiger partial charge in [0.25, 0.3) is 10.2 Å². The van der Waals surface area contributed by atoms with E-state index in [1.165, 1.54) is 74.5 Å². The Bertz CT molecular complexity index is 2150. The third-order valence-electron chi connectivity index (χ3n) is 6.99. The number of ether oxygens (including phenoxy) is 7. The van der Waals surface area contributed by atoms with Crippen molar-refractivity contribution in [2.75, 3.05) is 39.3 Å². The summed E-state index contributed by atoms with van der Waals surface area (Å²) in [6.07, 6.45) is 0.702. The molecule has 0 aliphatic rings. The summed E-state index contributed by atoms with van der Waals surface area (Å²) in [5.41, 5.74) is 0.557. The number of hydrogen-bond donors (Lipinski definition) is 1. The molecule has 22 nitrogen and oxygen atoms in total. The van der Waals surface area contributed by atoms with Gasteiger partial charge in [0.2, 0.25) is 6.79 Å². The molecule has 0 atom stereocenters. The van der Waals surface area contributed by atoms with E-state index >= 15 is 0 Å². The third kappa shape index (κ3) is 21.2. The second-order valence-corrected chi connectivity index (χ2v) is 11.8. The maximum atomic E-state index is 12.1. The van der Waals surface area contributed by atoms with Crippen molar-refractivity contribution < 1.29 is 86.9 Å². The summed E-state index contributed by atoms with van der Waals surface area (Å²) in [5.74, 6) is -3.21. The van der Waals surface area contributed by atoms with Crippen molar-refractivity contribution in [3.05, 3.63) is 140 Å². The number of carbonyl (C=O) groups excluding carboxylic acids is 5. The van der Waals surface area contributed by atoms with Gasteiger partial charge in [-0.3, -0.25) is 9.59 Å². The standard InChI is InChI=1S/C20H19NO10.C11H12ClNO6.C9H8O4/c1-14(22)31-18-6-3-2-5-17(18)20(24)29-13-28-19(23)15-7-9-16(10-8-15)27-11-4-12-30-21(25)26;12-8-18-11(14)9-2-4-10(5-3-9)17-6-1-7-19-13(15)16;1-6(10)13-8-5-3-2-4-7(8)9(11)12/h2-3,5-10H,4,11-13H2,1H3;2-5H,1,6-8H2;2-5H,1H3,(H,11,12). The van der Waals surface area contributed by atoms with E-state index in [0.717, 1.165) is 0 Å². The minimum atomic E-state index is -1.11. The van der Waals surface area contributed by atoms with E-state index in [9.17, 15) is 49.0 Å². The van der Waals surface area contributed by atoms with Crippen molar-refractivity contribution in [1.29, 1.82) is 0 Å². The zero-order valence-corrected chi connectivity index (χ0v) is 34.1. The van der Waals surface area contributed by atoms with Crippen LogP contribution in [0.15, 0.2) is 97.1 Å². The Morgan fingerprint density at radius 3 is 1.37 bits per heavy atom. The number of carbonyl (C=O) groups is 6. The fraction of sp³-hybridized carbons (Fsp3) is 0.250. The molecule has 0 fully saturated rings. The molecule has 4 aromatic carbocycles. The smallest absolute Gasteiger partial charge is 0.344 e. The Morgan fingerprint density at radius 1 is 0.556 bits per heavy atom. The molecule has 0 aliphatic carbocycles. The number of para-hydroxylation sites is 2. The van der Waals surface area contributed by atoms with Crippen LogP contribution in [0.5, 0.6) is 23.0 Å². The highest BCUT2D eigenvalue weighted by Gasteiger charge is 2.17. The van der Waals surface area contributed by atoms with E-state index in [1.807, 2.05) is 0 Å². The number of alkyl halides is 1. The van der Waals surface area contributed by atoms with Gasteiger partial charge in [-0.15, -0.1) is 20.2 Å². The number of nitrogens with zero attached hydrogens (tertiary/aromatic N) is 2. The summed E-state index contributed by atoms with van der Waals surface area (Å²) in [7, 11) is 0. The molecule has 4 rings (SSSR count). The highest BCUT2D eigenvalue weighted by atomic mass is 35.5. The number of halogens is 1. The van der Waals surface area contributed by atoms with Gasteiger partial charge in [0, 0.05) is 26.7 Å². The molecule has 0 bridgehead atoms. The largest absolute Gasteiger partial charge is 0.494 e. The van der Waals surface area contributed by atoms with E-state index < -0.39 is 52.8 Å². The maximum absolute atomic E-state index is 12.1. The lowest BCUT2D eigenvalue weighted by atomic mass is 10.2. The molecule has 4 aromatic rings. The van der Waals surface area contributed by atoms with Crippen molar-refractivity contribution in [1.82, 2.24) is 0 Å². The molecule has 0 aromatic heterocycles. The van der Waals surface area contributed by atoms with Gasteiger partial charge in [-0.2, -0.15) is 0 Å². The molecular formula is C40H39ClN2O20. The van der Waals surface area contributed by atoms with Gasteiger partial charge in [-0.1, -0.05) is 35.9 Å². The SMILES string of the molecule is CC(=O)Oc1ccccc1C(=O)O.CC(=O)Oc1ccccc1C(=O)OCOC(=O)c1ccc(OCCCO[N+](=O)[O-])cc1.O=C(OCCl)c1ccc(OCCCO[N+](=O)[O-])cc1. The van der Waals surface area contributed by atoms with Crippen LogP contribution in [-0.4, -0.2) is 90.4 Å². The Morgan fingerprint density at radius 2 is 0.952 bits per heavy atom. The van der Waals surface area contributed by atoms with Crippen molar-refractivity contribution in [2.45, 2.75) is 26.7 Å². The van der Waals surface area contributed by atoms with Crippen molar-refractivity contribution in [3.63, 3.8) is 0 Å². The van der Waals surface area contributed by atoms with Gasteiger partial charge >= 0.3 is 35.8 Å². The zero-order valence-electron chi connectivity index (χ0n) is 33.4. The first-order chi connectivity index (χ1) is 30.1. The molecular weight excluding hydrogens is 864 g/mol. The number of esters is 5. The summed E-state index contributed by atoms with van der Waals surface area (Å²) < 4.78 is 34.7. The second kappa shape index (κ2) is 28.5. The lowest BCUT2D eigenvalue weighted by Crippen LogP contribution is -2.14. The maximum Gasteiger partial charge on any atom is 0.344 e. The monoisotopic (exact) mass is 902 g/mol. The van der Waals surface area contributed by atoms with Gasteiger partial charge in [-0.25, -0.2) is 19.2 Å². The molecule has 23 heteroatoms. The first-order valence-electron chi connectivity index (χ1n) is 18.0. The first kappa shape index (κ1) is 51.1. The summed E-state index contributed by atoms with van der Waals surface area (Å²) in [6, 6.07) is 24.0. The van der Waals surface area contributed by atoms with Crippen molar-refractivity contribution in [3.8, 4) is 23.0 Å². The highest BCUT2D eigenvalue weighted by molar-refractivity contribution is 6.17. The minimum Gasteiger partial charge on any atom is -0.494 e. The Balaban J connectivity index is 0.000000361. The van der Waals surface area contributed by atoms with Crippen LogP contribution in [0.2, 0.25) is 0 Å². The lowest BCUT2D eigenvalue weighted by Gasteiger charge is -2.10. The highest BCUT2D eigenvalue weighted by Crippen LogP contribution is 2.20. The van der Waals surface area contributed by atoms with Gasteiger partial charge in [0.15, 0.2) is 6.07 Å². The molecule has 336 valence electrons. The van der Waals surface area contributed by atoms with Crippen LogP contribution in [0.4, 0.5) is 0 Å². The van der Waals surface area contributed by atoms with Gasteiger partial charge in [0.1, 0.15) is 34.1 Å². The molecule has 0 heterocycles. The Kier molecular flexibility index (Phi) is 23.1. The van der Waals surface area contributed by atoms with Gasteiger partial charge in [0.05, 0.1) is 37.6 Å². The topological polar surface area (TPSA) is 292 Å². The second-order valence-electron chi connectivity index (χ2n) is 11.6. The number of carboxylic acids is 1. The number of rotatable bonds is 21. The summed E-state index contributed by atoms with van der Waals surface area (Å²) in [6.45, 7) is 2.15. The quantitative estimate of drug-likeness (QED) is 0.0194. The normalized spacial score (nSPS) is 9.76. The molecule has 1 N–H and O–H groups in total. The lowest BCUT2D eigenvalue weighted by molar-refractivity contribution is -0.757. The predicted octanol–water partition coefficient (Wildman–Crippen LogP) is 5.89. The van der Waals surface area contributed by atoms with E-state index in [4.69, 9.17) is 40.4 Å². The minimum absolute atomic E-state index is 0.0128. The van der Waals surface area contributed by atoms with Crippen LogP contribution in [0.3, 0.4) is 0 Å². The third-order valence-corrected chi connectivity index (χ3v) is 7.09. The van der Waals surface area contributed by atoms with Crippen molar-refractivity contribution in [2.24, 2.45) is 0 Å². The summed E-state index contributed by atoms with van der Waals surface area (Å²) >= 11 is 5.27. The van der Waals surface area contributed by atoms with E-state index in [1.54, 1.807) is 36.4 Å². The van der Waals surface area contributed by atoms with E-state index in [0.29, 0.717) is 29.9 Å². The Labute approximate surface area is 362 Å². The van der Waals surface area contributed by atoms with Crippen LogP contribution in [-0.2, 0) is 33.5 Å². The summed E-state index contributed by atoms with van der Waals surface area (Å²) in [4.78, 5) is 95.9. The number of hydrogen-bond acceptors (Lipinski definition) is 19. The van der Waals surface area contributed by atoms with Crippen LogP contribution in [0, 0.1) is 20.2 Å². The van der Waals surface area contributed by atoms with Crippen LogP contribution >= 0.6 is 11.6 Å². The fourth-order valence-corrected chi connectivity index (χ4v) is 4.45. The molecule has 0 amide bonds. The van der Waals surface area contributed by atoms with Crippen LogP contribution in [0.25, 0.3) is 0 Å². The first-order valence-corrected chi connectivity index (χ1v) is 18.5. The fourth-order valence-electron chi connectivity index (χ4n) is 4.35. The zero-order chi connectivity index (χ0) is 46.6. The molecule has 0 saturated heterocycles. The number of aromatic carboxylic acids is 1. The number of benzene rings is 4. The average molecular weight is 903 g/mol. The molecule has 63 heavy (non-hydrogen) atoms. The van der Waals surface area contributed by atoms with E-state index in [2.05, 4.69) is 19.1 Å². The average Bonchev–Trinajstić information content (AvgIpc) is 3.24. The molecule has 0 aliphatic heterocycles. The molecule has 0 spiro atoms. The molecule has 0 saturated carbocycles. The predicted molar refractivity (Wildman–Crippen MR) is 213 cm³/mol. The number of carboxylic acid groups (broad SMARTS) is 1.